The number of carbonyl (C=O) groups excluding carboxylic acids is 2. The summed E-state index contributed by atoms with van der Waals surface area (Å²) in [5.41, 5.74) is 1.52. The Hall–Kier alpha value is -2.82. The standard InChI is InChI=1S/C24H32N2O3/c1-6-21(23(28)25-24(2,3)4)26(17-19-12-14-20(29-5)15-13-19)22(27)16-18-10-8-7-9-11-18/h7-15,21H,6,16-17H2,1-5H3,(H,25,28)/t21-/m1/s1. The molecule has 0 bridgehead atoms. The van der Waals surface area contributed by atoms with Gasteiger partial charge < -0.3 is 15.0 Å². The third-order valence-corrected chi connectivity index (χ3v) is 4.59. The molecule has 0 fully saturated rings. The van der Waals surface area contributed by atoms with Crippen molar-refractivity contribution in [2.45, 2.75) is 58.7 Å². The van der Waals surface area contributed by atoms with Crippen LogP contribution >= 0.6 is 0 Å². The first-order chi connectivity index (χ1) is 13.7. The Kier molecular flexibility index (Phi) is 7.82. The SMILES string of the molecule is CC[C@H](C(=O)NC(C)(C)C)N(Cc1ccc(OC)cc1)C(=O)Cc1ccccc1. The van der Waals surface area contributed by atoms with Gasteiger partial charge in [0.1, 0.15) is 11.8 Å². The molecule has 0 unspecified atom stereocenters. The lowest BCUT2D eigenvalue weighted by Crippen LogP contribution is -2.53. The van der Waals surface area contributed by atoms with Gasteiger partial charge >= 0.3 is 0 Å². The highest BCUT2D eigenvalue weighted by Gasteiger charge is 2.30. The zero-order valence-electron chi connectivity index (χ0n) is 18.1. The van der Waals surface area contributed by atoms with Crippen LogP contribution in [0.25, 0.3) is 0 Å². The minimum atomic E-state index is -0.535. The van der Waals surface area contributed by atoms with Crippen LogP contribution in [0.15, 0.2) is 54.6 Å². The highest BCUT2D eigenvalue weighted by atomic mass is 16.5. The Morgan fingerprint density at radius 2 is 1.62 bits per heavy atom. The van der Waals surface area contributed by atoms with E-state index in [1.807, 2.05) is 82.3 Å². The summed E-state index contributed by atoms with van der Waals surface area (Å²) in [7, 11) is 1.62. The van der Waals surface area contributed by atoms with Gasteiger partial charge in [0, 0.05) is 12.1 Å². The second-order valence-electron chi connectivity index (χ2n) is 8.20. The average Bonchev–Trinajstić information content (AvgIpc) is 2.67. The smallest absolute Gasteiger partial charge is 0.243 e. The number of carbonyl (C=O) groups is 2. The van der Waals surface area contributed by atoms with Crippen molar-refractivity contribution in [2.75, 3.05) is 7.11 Å². The molecule has 0 saturated carbocycles. The fraction of sp³-hybridized carbons (Fsp3) is 0.417. The van der Waals surface area contributed by atoms with E-state index in [0.717, 1.165) is 16.9 Å². The van der Waals surface area contributed by atoms with E-state index in [4.69, 9.17) is 4.74 Å². The topological polar surface area (TPSA) is 58.6 Å². The van der Waals surface area contributed by atoms with Gasteiger partial charge in [-0.25, -0.2) is 0 Å². The van der Waals surface area contributed by atoms with Crippen LogP contribution < -0.4 is 10.1 Å². The molecule has 29 heavy (non-hydrogen) atoms. The molecule has 0 saturated heterocycles. The molecule has 0 aliphatic heterocycles. The van der Waals surface area contributed by atoms with E-state index in [2.05, 4.69) is 5.32 Å². The molecule has 1 atom stereocenters. The monoisotopic (exact) mass is 396 g/mol. The lowest BCUT2D eigenvalue weighted by Gasteiger charge is -2.33. The summed E-state index contributed by atoms with van der Waals surface area (Å²) in [6.45, 7) is 8.13. The van der Waals surface area contributed by atoms with Crippen LogP contribution in [0.5, 0.6) is 5.75 Å². The summed E-state index contributed by atoms with van der Waals surface area (Å²) in [6.07, 6.45) is 0.800. The Morgan fingerprint density at radius 1 is 1.00 bits per heavy atom. The molecule has 0 aliphatic rings. The van der Waals surface area contributed by atoms with Gasteiger partial charge in [-0.15, -0.1) is 0 Å². The normalized spacial score (nSPS) is 12.2. The third kappa shape index (κ3) is 6.93. The number of hydrogen-bond acceptors (Lipinski definition) is 3. The van der Waals surface area contributed by atoms with E-state index >= 15 is 0 Å². The van der Waals surface area contributed by atoms with Crippen molar-refractivity contribution in [3.63, 3.8) is 0 Å². The van der Waals surface area contributed by atoms with Crippen molar-refractivity contribution in [2.24, 2.45) is 0 Å². The van der Waals surface area contributed by atoms with Crippen LogP contribution in [0.2, 0.25) is 0 Å². The summed E-state index contributed by atoms with van der Waals surface area (Å²) in [4.78, 5) is 27.9. The van der Waals surface area contributed by atoms with Gasteiger partial charge in [-0.3, -0.25) is 9.59 Å². The lowest BCUT2D eigenvalue weighted by molar-refractivity contribution is -0.141. The molecule has 2 amide bonds. The van der Waals surface area contributed by atoms with E-state index in [1.54, 1.807) is 12.0 Å². The quantitative estimate of drug-likeness (QED) is 0.735. The summed E-state index contributed by atoms with van der Waals surface area (Å²) >= 11 is 0. The molecule has 0 aliphatic carbocycles. The number of rotatable bonds is 8. The molecule has 2 aromatic carbocycles. The molecular weight excluding hydrogens is 364 g/mol. The maximum absolute atomic E-state index is 13.2. The van der Waals surface area contributed by atoms with Crippen LogP contribution in [0.4, 0.5) is 0 Å². The fourth-order valence-corrected chi connectivity index (χ4v) is 3.17. The summed E-state index contributed by atoms with van der Waals surface area (Å²) < 4.78 is 5.22. The first-order valence-corrected chi connectivity index (χ1v) is 10.0. The lowest BCUT2D eigenvalue weighted by atomic mass is 10.0. The molecule has 2 aromatic rings. The number of nitrogens with zero attached hydrogens (tertiary/aromatic N) is 1. The molecule has 5 nitrogen and oxygen atoms in total. The summed E-state index contributed by atoms with van der Waals surface area (Å²) in [6, 6.07) is 16.7. The van der Waals surface area contributed by atoms with Crippen molar-refractivity contribution in [3.05, 3.63) is 65.7 Å². The highest BCUT2D eigenvalue weighted by Crippen LogP contribution is 2.18. The van der Waals surface area contributed by atoms with E-state index in [0.29, 0.717) is 13.0 Å². The van der Waals surface area contributed by atoms with Gasteiger partial charge in [-0.2, -0.15) is 0 Å². The average molecular weight is 397 g/mol. The number of benzene rings is 2. The van der Waals surface area contributed by atoms with Crippen molar-refractivity contribution < 1.29 is 14.3 Å². The zero-order chi connectivity index (χ0) is 21.4. The Bertz CT molecular complexity index is 795. The molecule has 0 radical (unpaired) electrons. The minimum Gasteiger partial charge on any atom is -0.497 e. The van der Waals surface area contributed by atoms with Crippen molar-refractivity contribution in [1.29, 1.82) is 0 Å². The number of nitrogens with one attached hydrogen (secondary N) is 1. The van der Waals surface area contributed by atoms with Crippen LogP contribution in [0.3, 0.4) is 0 Å². The predicted octanol–water partition coefficient (Wildman–Crippen LogP) is 3.96. The Balaban J connectivity index is 2.28. The zero-order valence-corrected chi connectivity index (χ0v) is 18.1. The highest BCUT2D eigenvalue weighted by molar-refractivity contribution is 5.88. The van der Waals surface area contributed by atoms with Crippen molar-refractivity contribution >= 4 is 11.8 Å². The summed E-state index contributed by atoms with van der Waals surface area (Å²) in [5.74, 6) is 0.561. The molecule has 0 heterocycles. The molecule has 0 spiro atoms. The van der Waals surface area contributed by atoms with E-state index < -0.39 is 6.04 Å². The van der Waals surface area contributed by atoms with E-state index in [1.165, 1.54) is 0 Å². The largest absolute Gasteiger partial charge is 0.497 e. The molecule has 0 aromatic heterocycles. The second kappa shape index (κ2) is 10.1. The first-order valence-electron chi connectivity index (χ1n) is 10.0. The Labute approximate surface area is 174 Å². The van der Waals surface area contributed by atoms with Crippen LogP contribution in [0, 0.1) is 0 Å². The molecule has 156 valence electrons. The van der Waals surface area contributed by atoms with Gasteiger partial charge in [0.05, 0.1) is 13.5 Å². The molecule has 5 heteroatoms. The van der Waals surface area contributed by atoms with E-state index in [9.17, 15) is 9.59 Å². The van der Waals surface area contributed by atoms with Gasteiger partial charge in [0.15, 0.2) is 0 Å². The Morgan fingerprint density at radius 3 is 2.14 bits per heavy atom. The molecule has 2 rings (SSSR count). The van der Waals surface area contributed by atoms with Crippen molar-refractivity contribution in [1.82, 2.24) is 10.2 Å². The van der Waals surface area contributed by atoms with Gasteiger partial charge in [-0.1, -0.05) is 49.4 Å². The number of hydrogen-bond donors (Lipinski definition) is 1. The maximum atomic E-state index is 13.2. The van der Waals surface area contributed by atoms with Gasteiger partial charge in [-0.05, 0) is 50.5 Å². The second-order valence-corrected chi connectivity index (χ2v) is 8.20. The molecule has 1 N–H and O–H groups in total. The number of ether oxygens (including phenoxy) is 1. The van der Waals surface area contributed by atoms with Crippen molar-refractivity contribution in [3.8, 4) is 5.75 Å². The van der Waals surface area contributed by atoms with E-state index in [-0.39, 0.29) is 23.8 Å². The van der Waals surface area contributed by atoms with Crippen LogP contribution in [-0.4, -0.2) is 35.4 Å². The third-order valence-electron chi connectivity index (χ3n) is 4.59. The predicted molar refractivity (Wildman–Crippen MR) is 116 cm³/mol. The van der Waals surface area contributed by atoms with Crippen LogP contribution in [0.1, 0.15) is 45.2 Å². The van der Waals surface area contributed by atoms with Gasteiger partial charge in [0.2, 0.25) is 11.8 Å². The van der Waals surface area contributed by atoms with Crippen LogP contribution in [-0.2, 0) is 22.6 Å². The minimum absolute atomic E-state index is 0.0667. The van der Waals surface area contributed by atoms with Gasteiger partial charge in [0.25, 0.3) is 0 Å². The maximum Gasteiger partial charge on any atom is 0.243 e. The number of amides is 2. The summed E-state index contributed by atoms with van der Waals surface area (Å²) in [5, 5.41) is 3.02. The fourth-order valence-electron chi connectivity index (χ4n) is 3.17. The molecular formula is C24H32N2O3. The first kappa shape index (κ1) is 22.5. The number of methoxy groups -OCH3 is 1.